The van der Waals surface area contributed by atoms with Gasteiger partial charge in [-0.3, -0.25) is 0 Å². The molecule has 0 saturated heterocycles. The van der Waals surface area contributed by atoms with Gasteiger partial charge in [0.1, 0.15) is 0 Å². The van der Waals surface area contributed by atoms with Crippen LogP contribution in [0.4, 0.5) is 0 Å². The van der Waals surface area contributed by atoms with Gasteiger partial charge in [-0.25, -0.2) is 0 Å². The van der Waals surface area contributed by atoms with Crippen LogP contribution in [0.3, 0.4) is 0 Å². The van der Waals surface area contributed by atoms with Crippen molar-refractivity contribution in [2.75, 3.05) is 0 Å². The van der Waals surface area contributed by atoms with Crippen molar-refractivity contribution >= 4 is 0 Å². The first-order valence-corrected chi connectivity index (χ1v) is 5.38. The summed E-state index contributed by atoms with van der Waals surface area (Å²) in [6.07, 6.45) is 12.1. The first-order chi connectivity index (χ1) is 6.69. The molecule has 0 atom stereocenters. The van der Waals surface area contributed by atoms with E-state index in [1.54, 1.807) is 5.57 Å². The summed E-state index contributed by atoms with van der Waals surface area (Å²) >= 11 is 0. The van der Waals surface area contributed by atoms with E-state index >= 15 is 0 Å². The smallest absolute Gasteiger partial charge is 0.00554 e. The summed E-state index contributed by atoms with van der Waals surface area (Å²) in [5.74, 6) is 0.668. The van der Waals surface area contributed by atoms with Gasteiger partial charge in [0.25, 0.3) is 0 Å². The fraction of sp³-hybridized carbons (Fsp3) is 0.429. The maximum atomic E-state index is 2.33. The lowest BCUT2D eigenvalue weighted by molar-refractivity contribution is 0.751. The molecule has 0 heteroatoms. The molecule has 0 N–H and O–H groups in total. The lowest BCUT2D eigenvalue weighted by Crippen LogP contribution is -1.89. The monoisotopic (exact) mass is 188 g/mol. The van der Waals surface area contributed by atoms with E-state index in [2.05, 4.69) is 58.1 Å². The summed E-state index contributed by atoms with van der Waals surface area (Å²) in [4.78, 5) is 0. The van der Waals surface area contributed by atoms with Gasteiger partial charge in [0.05, 0.1) is 0 Å². The van der Waals surface area contributed by atoms with E-state index in [0.29, 0.717) is 5.92 Å². The summed E-state index contributed by atoms with van der Waals surface area (Å²) < 4.78 is 0. The van der Waals surface area contributed by atoms with E-state index < -0.39 is 0 Å². The van der Waals surface area contributed by atoms with Gasteiger partial charge in [-0.1, -0.05) is 49.8 Å². The average Bonchev–Trinajstić information content (AvgIpc) is 2.57. The van der Waals surface area contributed by atoms with Crippen LogP contribution in [0, 0.1) is 5.92 Å². The highest BCUT2D eigenvalue weighted by molar-refractivity contribution is 5.51. The second-order valence-corrected chi connectivity index (χ2v) is 4.01. The second-order valence-electron chi connectivity index (χ2n) is 4.01. The molecule has 0 bridgehead atoms. The third-order valence-electron chi connectivity index (χ3n) is 2.65. The van der Waals surface area contributed by atoms with Crippen LogP contribution in [0.2, 0.25) is 0 Å². The molecular formula is C14H20. The highest BCUT2D eigenvalue weighted by atomic mass is 14.2. The maximum Gasteiger partial charge on any atom is -0.00554 e. The summed E-state index contributed by atoms with van der Waals surface area (Å²) in [6.45, 7) is 8.69. The molecule has 76 valence electrons. The van der Waals surface area contributed by atoms with Crippen molar-refractivity contribution in [3.05, 3.63) is 47.1 Å². The highest BCUT2D eigenvalue weighted by Gasteiger charge is 2.15. The average molecular weight is 188 g/mol. The molecule has 1 aliphatic rings. The molecule has 0 aliphatic heterocycles. The number of rotatable bonds is 2. The van der Waals surface area contributed by atoms with E-state index in [4.69, 9.17) is 0 Å². The van der Waals surface area contributed by atoms with Crippen molar-refractivity contribution in [3.8, 4) is 0 Å². The zero-order chi connectivity index (χ0) is 10.6. The molecule has 0 heterocycles. The zero-order valence-electron chi connectivity index (χ0n) is 9.67. The molecule has 14 heavy (non-hydrogen) atoms. The predicted octanol–water partition coefficient (Wildman–Crippen LogP) is 4.42. The molecule has 0 unspecified atom stereocenters. The number of allylic oxidation sites excluding steroid dienone is 8. The predicted molar refractivity (Wildman–Crippen MR) is 64.2 cm³/mol. The van der Waals surface area contributed by atoms with Crippen LogP contribution in [0.1, 0.15) is 34.1 Å². The van der Waals surface area contributed by atoms with Gasteiger partial charge in [0.15, 0.2) is 0 Å². The van der Waals surface area contributed by atoms with Crippen molar-refractivity contribution in [1.82, 2.24) is 0 Å². The van der Waals surface area contributed by atoms with E-state index in [9.17, 15) is 0 Å². The second kappa shape index (κ2) is 4.99. The summed E-state index contributed by atoms with van der Waals surface area (Å²) in [5, 5.41) is 0. The summed E-state index contributed by atoms with van der Waals surface area (Å²) in [5.41, 5.74) is 4.40. The molecule has 0 radical (unpaired) electrons. The maximum absolute atomic E-state index is 2.33. The van der Waals surface area contributed by atoms with Crippen LogP contribution in [0.25, 0.3) is 0 Å². The van der Waals surface area contributed by atoms with E-state index in [1.807, 2.05) is 0 Å². The molecule has 0 aromatic heterocycles. The van der Waals surface area contributed by atoms with Gasteiger partial charge in [0, 0.05) is 0 Å². The molecule has 0 aromatic rings. The van der Waals surface area contributed by atoms with Crippen molar-refractivity contribution in [2.24, 2.45) is 5.92 Å². The quantitative estimate of drug-likeness (QED) is 0.601. The lowest BCUT2D eigenvalue weighted by atomic mass is 10.0. The third-order valence-corrected chi connectivity index (χ3v) is 2.65. The van der Waals surface area contributed by atoms with E-state index in [-0.39, 0.29) is 0 Å². The number of hydrogen-bond acceptors (Lipinski definition) is 0. The van der Waals surface area contributed by atoms with Crippen molar-refractivity contribution in [3.63, 3.8) is 0 Å². The van der Waals surface area contributed by atoms with Crippen molar-refractivity contribution in [2.45, 2.75) is 34.1 Å². The van der Waals surface area contributed by atoms with Gasteiger partial charge < -0.3 is 0 Å². The first kappa shape index (κ1) is 11.0. The normalized spacial score (nSPS) is 23.1. The van der Waals surface area contributed by atoms with Crippen LogP contribution >= 0.6 is 0 Å². The van der Waals surface area contributed by atoms with Crippen LogP contribution in [0.15, 0.2) is 47.1 Å². The Morgan fingerprint density at radius 2 is 2.00 bits per heavy atom. The Balaban J connectivity index is 2.88. The molecule has 1 aliphatic carbocycles. The van der Waals surface area contributed by atoms with Gasteiger partial charge in [-0.2, -0.15) is 0 Å². The van der Waals surface area contributed by atoms with Crippen LogP contribution in [-0.2, 0) is 0 Å². The molecule has 0 saturated carbocycles. The van der Waals surface area contributed by atoms with Crippen molar-refractivity contribution < 1.29 is 0 Å². The largest absolute Gasteiger partial charge is 0.0877 e. The van der Waals surface area contributed by atoms with Crippen molar-refractivity contribution in [1.29, 1.82) is 0 Å². The minimum absolute atomic E-state index is 0.668. The molecule has 0 amide bonds. The topological polar surface area (TPSA) is 0 Å². The SMILES string of the molecule is C\C=C/C=C1/CC(C(C)C)=C/C1=C/C. The Hall–Kier alpha value is -1.04. The first-order valence-electron chi connectivity index (χ1n) is 5.38. The van der Waals surface area contributed by atoms with Gasteiger partial charge in [-0.05, 0) is 37.3 Å². The lowest BCUT2D eigenvalue weighted by Gasteiger charge is -2.04. The minimum atomic E-state index is 0.668. The van der Waals surface area contributed by atoms with Crippen LogP contribution < -0.4 is 0 Å². The van der Waals surface area contributed by atoms with E-state index in [0.717, 1.165) is 6.42 Å². The summed E-state index contributed by atoms with van der Waals surface area (Å²) in [7, 11) is 0. The molecule has 0 aromatic carbocycles. The Labute approximate surface area is 87.7 Å². The molecular weight excluding hydrogens is 168 g/mol. The standard InChI is InChI=1S/C14H20/c1-5-7-8-13-10-14(11(3)4)9-12(13)6-2/h5-9,11H,10H2,1-4H3/b7-5-,12-6-,13-8-. The van der Waals surface area contributed by atoms with Gasteiger partial charge >= 0.3 is 0 Å². The Morgan fingerprint density at radius 1 is 1.29 bits per heavy atom. The van der Waals surface area contributed by atoms with Crippen LogP contribution in [-0.4, -0.2) is 0 Å². The summed E-state index contributed by atoms with van der Waals surface area (Å²) in [6, 6.07) is 0. The minimum Gasteiger partial charge on any atom is -0.0877 e. The molecule has 1 rings (SSSR count). The van der Waals surface area contributed by atoms with Gasteiger partial charge in [0.2, 0.25) is 0 Å². The Bertz CT molecular complexity index is 309. The third kappa shape index (κ3) is 2.47. The molecule has 0 nitrogen and oxygen atoms in total. The number of hydrogen-bond donors (Lipinski definition) is 0. The highest BCUT2D eigenvalue weighted by Crippen LogP contribution is 2.33. The van der Waals surface area contributed by atoms with E-state index in [1.165, 1.54) is 11.1 Å². The zero-order valence-corrected chi connectivity index (χ0v) is 9.67. The van der Waals surface area contributed by atoms with Crippen LogP contribution in [0.5, 0.6) is 0 Å². The fourth-order valence-corrected chi connectivity index (χ4v) is 1.67. The molecule has 0 spiro atoms. The Kier molecular flexibility index (Phi) is 3.94. The van der Waals surface area contributed by atoms with Gasteiger partial charge in [-0.15, -0.1) is 0 Å². The Morgan fingerprint density at radius 3 is 2.50 bits per heavy atom. The fourth-order valence-electron chi connectivity index (χ4n) is 1.67. The molecule has 0 fully saturated rings.